The molecule has 1 aromatic carbocycles. The van der Waals surface area contributed by atoms with E-state index in [0.717, 1.165) is 27.7 Å². The quantitative estimate of drug-likeness (QED) is 0.771. The monoisotopic (exact) mass is 282 g/mol. The van der Waals surface area contributed by atoms with Crippen LogP contribution >= 0.6 is 0 Å². The van der Waals surface area contributed by atoms with Crippen LogP contribution in [0, 0.1) is 6.92 Å². The molecule has 0 aliphatic carbocycles. The molecule has 0 aliphatic rings. The molecular formula is C16H18N4O. The molecule has 0 fully saturated rings. The number of H-pyrrole nitrogens is 2. The topological polar surface area (TPSA) is 64.8 Å². The van der Waals surface area contributed by atoms with Crippen LogP contribution in [0.15, 0.2) is 36.7 Å². The van der Waals surface area contributed by atoms with Crippen molar-refractivity contribution in [1.82, 2.24) is 20.1 Å². The Morgan fingerprint density at radius 3 is 2.90 bits per heavy atom. The van der Waals surface area contributed by atoms with Crippen molar-refractivity contribution in [3.63, 3.8) is 0 Å². The Hall–Kier alpha value is -2.56. The van der Waals surface area contributed by atoms with Gasteiger partial charge in [0.15, 0.2) is 0 Å². The minimum absolute atomic E-state index is 0.101. The maximum atomic E-state index is 12.4. The van der Waals surface area contributed by atoms with Crippen molar-refractivity contribution in [3.05, 3.63) is 53.5 Å². The summed E-state index contributed by atoms with van der Waals surface area (Å²) in [6.45, 7) is 2.58. The van der Waals surface area contributed by atoms with Gasteiger partial charge in [0.25, 0.3) is 0 Å². The number of aromatic amines is 2. The summed E-state index contributed by atoms with van der Waals surface area (Å²) in [5.74, 6) is 0.101. The van der Waals surface area contributed by atoms with Crippen LogP contribution < -0.4 is 0 Å². The van der Waals surface area contributed by atoms with Gasteiger partial charge in [-0.3, -0.25) is 9.89 Å². The summed E-state index contributed by atoms with van der Waals surface area (Å²) in [5.41, 5.74) is 4.22. The number of para-hydroxylation sites is 1. The first-order chi connectivity index (χ1) is 10.1. The summed E-state index contributed by atoms with van der Waals surface area (Å²) < 4.78 is 0. The van der Waals surface area contributed by atoms with Gasteiger partial charge in [0, 0.05) is 41.9 Å². The van der Waals surface area contributed by atoms with Gasteiger partial charge in [-0.2, -0.15) is 5.10 Å². The van der Waals surface area contributed by atoms with Crippen molar-refractivity contribution in [1.29, 1.82) is 0 Å². The van der Waals surface area contributed by atoms with Crippen LogP contribution in [-0.4, -0.2) is 33.0 Å². The Bertz CT molecular complexity index is 758. The molecule has 21 heavy (non-hydrogen) atoms. The predicted octanol–water partition coefficient (Wildman–Crippen LogP) is 2.40. The molecule has 5 nitrogen and oxygen atoms in total. The molecule has 2 N–H and O–H groups in total. The molecule has 1 amide bonds. The van der Waals surface area contributed by atoms with Crippen LogP contribution in [0.25, 0.3) is 10.9 Å². The number of likely N-dealkylation sites (N-methyl/N-ethyl adjacent to an activating group) is 1. The van der Waals surface area contributed by atoms with E-state index < -0.39 is 0 Å². The minimum Gasteiger partial charge on any atom is -0.358 e. The second-order valence-electron chi connectivity index (χ2n) is 5.31. The van der Waals surface area contributed by atoms with Crippen molar-refractivity contribution in [2.75, 3.05) is 7.05 Å². The molecule has 0 spiro atoms. The van der Waals surface area contributed by atoms with Crippen molar-refractivity contribution < 1.29 is 4.79 Å². The molecule has 0 aliphatic heterocycles. The van der Waals surface area contributed by atoms with Gasteiger partial charge >= 0.3 is 0 Å². The van der Waals surface area contributed by atoms with Crippen LogP contribution in [0.3, 0.4) is 0 Å². The van der Waals surface area contributed by atoms with Crippen molar-refractivity contribution in [3.8, 4) is 0 Å². The number of nitrogens with one attached hydrogen (secondary N) is 2. The Balaban J connectivity index is 1.78. The number of aryl methyl sites for hydroxylation is 1. The average molecular weight is 282 g/mol. The third kappa shape index (κ3) is 2.67. The van der Waals surface area contributed by atoms with Crippen molar-refractivity contribution in [2.45, 2.75) is 19.9 Å². The summed E-state index contributed by atoms with van der Waals surface area (Å²) in [7, 11) is 1.82. The number of aromatic nitrogens is 3. The zero-order chi connectivity index (χ0) is 14.8. The molecule has 3 rings (SSSR count). The van der Waals surface area contributed by atoms with E-state index in [9.17, 15) is 4.79 Å². The van der Waals surface area contributed by atoms with E-state index in [0.29, 0.717) is 13.0 Å². The number of rotatable bonds is 4. The van der Waals surface area contributed by atoms with Crippen LogP contribution in [0.1, 0.15) is 16.8 Å². The third-order valence-corrected chi connectivity index (χ3v) is 3.76. The summed E-state index contributed by atoms with van der Waals surface area (Å²) in [6, 6.07) is 8.08. The first kappa shape index (κ1) is 13.4. The number of amides is 1. The van der Waals surface area contributed by atoms with Crippen LogP contribution in [0.2, 0.25) is 0 Å². The highest BCUT2D eigenvalue weighted by molar-refractivity contribution is 5.90. The highest BCUT2D eigenvalue weighted by atomic mass is 16.2. The fourth-order valence-electron chi connectivity index (χ4n) is 2.57. The number of hydrogen-bond donors (Lipinski definition) is 2. The normalized spacial score (nSPS) is 11.0. The zero-order valence-corrected chi connectivity index (χ0v) is 12.2. The van der Waals surface area contributed by atoms with Crippen LogP contribution in [0.4, 0.5) is 0 Å². The van der Waals surface area contributed by atoms with E-state index in [4.69, 9.17) is 0 Å². The number of carbonyl (C=O) groups excluding carboxylic acids is 1. The van der Waals surface area contributed by atoms with Gasteiger partial charge in [0.2, 0.25) is 5.91 Å². The lowest BCUT2D eigenvalue weighted by molar-refractivity contribution is -0.129. The van der Waals surface area contributed by atoms with E-state index in [1.54, 1.807) is 17.3 Å². The summed E-state index contributed by atoms with van der Waals surface area (Å²) >= 11 is 0. The van der Waals surface area contributed by atoms with Crippen molar-refractivity contribution >= 4 is 16.8 Å². The maximum Gasteiger partial charge on any atom is 0.227 e. The van der Waals surface area contributed by atoms with Crippen LogP contribution in [-0.2, 0) is 17.8 Å². The molecule has 0 unspecified atom stereocenters. The number of nitrogens with zero attached hydrogens (tertiary/aromatic N) is 2. The third-order valence-electron chi connectivity index (χ3n) is 3.76. The molecule has 108 valence electrons. The van der Waals surface area contributed by atoms with Crippen molar-refractivity contribution in [2.24, 2.45) is 0 Å². The molecule has 5 heteroatoms. The molecular weight excluding hydrogens is 264 g/mol. The fourth-order valence-corrected chi connectivity index (χ4v) is 2.57. The minimum atomic E-state index is 0.101. The van der Waals surface area contributed by atoms with Crippen LogP contribution in [0.5, 0.6) is 0 Å². The molecule has 0 atom stereocenters. The molecule has 2 heterocycles. The highest BCUT2D eigenvalue weighted by Crippen LogP contribution is 2.22. The number of benzene rings is 1. The number of hydrogen-bond acceptors (Lipinski definition) is 2. The zero-order valence-electron chi connectivity index (χ0n) is 12.2. The van der Waals surface area contributed by atoms with E-state index in [1.807, 2.05) is 32.2 Å². The number of fused-ring (bicyclic) bond motifs is 1. The first-order valence-corrected chi connectivity index (χ1v) is 6.93. The average Bonchev–Trinajstić information content (AvgIpc) is 3.07. The molecule has 3 aromatic rings. The van der Waals surface area contributed by atoms with E-state index in [2.05, 4.69) is 21.2 Å². The van der Waals surface area contributed by atoms with E-state index >= 15 is 0 Å². The fraction of sp³-hybridized carbons (Fsp3) is 0.250. The SMILES string of the molecule is Cc1[nH]c2ccccc2c1CC(=O)N(C)Cc1cn[nH]c1. The van der Waals surface area contributed by atoms with Gasteiger partial charge in [-0.1, -0.05) is 18.2 Å². The van der Waals surface area contributed by atoms with Gasteiger partial charge in [-0.05, 0) is 18.6 Å². The summed E-state index contributed by atoms with van der Waals surface area (Å²) in [4.78, 5) is 17.5. The van der Waals surface area contributed by atoms with Gasteiger partial charge in [0.1, 0.15) is 0 Å². The Labute approximate surface area is 123 Å². The lowest BCUT2D eigenvalue weighted by Gasteiger charge is -2.16. The summed E-state index contributed by atoms with van der Waals surface area (Å²) in [5, 5.41) is 7.78. The lowest BCUT2D eigenvalue weighted by atomic mass is 10.1. The smallest absolute Gasteiger partial charge is 0.227 e. The molecule has 0 bridgehead atoms. The van der Waals surface area contributed by atoms with Gasteiger partial charge in [-0.25, -0.2) is 0 Å². The number of carbonyl (C=O) groups is 1. The Kier molecular flexibility index (Phi) is 3.48. The largest absolute Gasteiger partial charge is 0.358 e. The molecule has 0 saturated carbocycles. The first-order valence-electron chi connectivity index (χ1n) is 6.93. The van der Waals surface area contributed by atoms with Gasteiger partial charge in [0.05, 0.1) is 12.6 Å². The van der Waals surface area contributed by atoms with Gasteiger partial charge < -0.3 is 9.88 Å². The standard InChI is InChI=1S/C16H18N4O/c1-11-14(13-5-3-4-6-15(13)19-11)7-16(21)20(2)10-12-8-17-18-9-12/h3-6,8-9,19H,7,10H2,1-2H3,(H,17,18). The maximum absolute atomic E-state index is 12.4. The molecule has 0 radical (unpaired) electrons. The summed E-state index contributed by atoms with van der Waals surface area (Å²) in [6.07, 6.45) is 3.95. The lowest BCUT2D eigenvalue weighted by Crippen LogP contribution is -2.27. The molecule has 0 saturated heterocycles. The predicted molar refractivity (Wildman–Crippen MR) is 81.8 cm³/mol. The van der Waals surface area contributed by atoms with Gasteiger partial charge in [-0.15, -0.1) is 0 Å². The Morgan fingerprint density at radius 2 is 2.14 bits per heavy atom. The van der Waals surface area contributed by atoms with E-state index in [1.165, 1.54) is 0 Å². The van der Waals surface area contributed by atoms with E-state index in [-0.39, 0.29) is 5.91 Å². The molecule has 2 aromatic heterocycles. The highest BCUT2D eigenvalue weighted by Gasteiger charge is 2.15. The Morgan fingerprint density at radius 1 is 1.33 bits per heavy atom. The second-order valence-corrected chi connectivity index (χ2v) is 5.31. The second kappa shape index (κ2) is 5.44.